The number of carbonyl (C=O) groups is 1. The molecule has 134 valence electrons. The van der Waals surface area contributed by atoms with Gasteiger partial charge in [0.2, 0.25) is 11.2 Å². The van der Waals surface area contributed by atoms with Gasteiger partial charge in [-0.3, -0.25) is 4.79 Å². The van der Waals surface area contributed by atoms with Crippen LogP contribution < -0.4 is 19.6 Å². The normalized spacial score (nSPS) is 10.5. The molecule has 7 nitrogen and oxygen atoms in total. The zero-order chi connectivity index (χ0) is 18.7. The highest BCUT2D eigenvalue weighted by atomic mass is 16.5. The molecule has 2 aromatic carbocycles. The molecule has 3 aromatic rings. The van der Waals surface area contributed by atoms with Crippen molar-refractivity contribution in [3.8, 4) is 28.6 Å². The summed E-state index contributed by atoms with van der Waals surface area (Å²) in [5.41, 5.74) is 0.411. The van der Waals surface area contributed by atoms with Crippen molar-refractivity contribution in [1.29, 1.82) is 0 Å². The molecule has 1 aromatic heterocycles. The molecule has 0 aliphatic heterocycles. The van der Waals surface area contributed by atoms with Crippen molar-refractivity contribution in [3.05, 3.63) is 52.7 Å². The van der Waals surface area contributed by atoms with Gasteiger partial charge >= 0.3 is 5.97 Å². The zero-order valence-electron chi connectivity index (χ0n) is 14.1. The first-order valence-corrected chi connectivity index (χ1v) is 7.68. The number of aliphatic carboxylic acids is 1. The molecule has 0 saturated carbocycles. The average molecular weight is 356 g/mol. The van der Waals surface area contributed by atoms with Gasteiger partial charge in [-0.1, -0.05) is 12.1 Å². The number of methoxy groups -OCH3 is 2. The van der Waals surface area contributed by atoms with Crippen LogP contribution in [0, 0.1) is 0 Å². The monoisotopic (exact) mass is 356 g/mol. The topological polar surface area (TPSA) is 95.2 Å². The number of carboxylic acid groups (broad SMARTS) is 1. The van der Waals surface area contributed by atoms with Gasteiger partial charge in [0.15, 0.2) is 23.9 Å². The highest BCUT2D eigenvalue weighted by Crippen LogP contribution is 2.36. The number of rotatable bonds is 6. The summed E-state index contributed by atoms with van der Waals surface area (Å²) < 4.78 is 21.6. The van der Waals surface area contributed by atoms with Crippen LogP contribution in [0.4, 0.5) is 0 Å². The lowest BCUT2D eigenvalue weighted by Crippen LogP contribution is -2.16. The molecular weight excluding hydrogens is 340 g/mol. The van der Waals surface area contributed by atoms with Crippen molar-refractivity contribution in [3.63, 3.8) is 0 Å². The predicted molar refractivity (Wildman–Crippen MR) is 94.2 cm³/mol. The van der Waals surface area contributed by atoms with Crippen molar-refractivity contribution in [2.45, 2.75) is 0 Å². The number of hydrogen-bond donors (Lipinski definition) is 1. The second-order valence-electron chi connectivity index (χ2n) is 5.34. The third-order valence-corrected chi connectivity index (χ3v) is 3.74. The van der Waals surface area contributed by atoms with E-state index in [1.165, 1.54) is 14.2 Å². The second kappa shape index (κ2) is 7.18. The highest BCUT2D eigenvalue weighted by Gasteiger charge is 2.20. The van der Waals surface area contributed by atoms with Crippen LogP contribution in [0.25, 0.3) is 22.3 Å². The Kier molecular flexibility index (Phi) is 4.79. The molecule has 0 unspecified atom stereocenters. The summed E-state index contributed by atoms with van der Waals surface area (Å²) in [7, 11) is 3.00. The minimum atomic E-state index is -1.20. The first kappa shape index (κ1) is 17.3. The molecule has 0 fully saturated rings. The first-order chi connectivity index (χ1) is 12.5. The van der Waals surface area contributed by atoms with Gasteiger partial charge in [-0.25, -0.2) is 4.79 Å². The Morgan fingerprint density at radius 3 is 2.50 bits per heavy atom. The molecule has 0 atom stereocenters. The van der Waals surface area contributed by atoms with Crippen molar-refractivity contribution in [2.24, 2.45) is 0 Å². The number of ether oxygens (including phenoxy) is 3. The molecule has 0 aliphatic rings. The van der Waals surface area contributed by atoms with E-state index in [1.807, 2.05) is 0 Å². The van der Waals surface area contributed by atoms with Crippen LogP contribution in [-0.4, -0.2) is 31.9 Å². The van der Waals surface area contributed by atoms with Crippen LogP contribution >= 0.6 is 0 Å². The van der Waals surface area contributed by atoms with Gasteiger partial charge in [-0.2, -0.15) is 0 Å². The molecule has 0 spiro atoms. The van der Waals surface area contributed by atoms with Gasteiger partial charge in [0.25, 0.3) is 0 Å². The van der Waals surface area contributed by atoms with E-state index >= 15 is 0 Å². The fourth-order valence-corrected chi connectivity index (χ4v) is 2.56. The maximum atomic E-state index is 12.8. The smallest absolute Gasteiger partial charge is 0.341 e. The minimum Gasteiger partial charge on any atom is -0.493 e. The Hall–Kier alpha value is -3.48. The van der Waals surface area contributed by atoms with Crippen molar-refractivity contribution in [2.75, 3.05) is 20.8 Å². The number of carboxylic acids is 1. The minimum absolute atomic E-state index is 0.121. The van der Waals surface area contributed by atoms with E-state index in [0.717, 1.165) is 0 Å². The van der Waals surface area contributed by atoms with Gasteiger partial charge in [-0.05, 0) is 30.3 Å². The Bertz CT molecular complexity index is 1020. The molecule has 0 bridgehead atoms. The summed E-state index contributed by atoms with van der Waals surface area (Å²) in [6.07, 6.45) is 0. The van der Waals surface area contributed by atoms with Crippen LogP contribution in [0.2, 0.25) is 0 Å². The molecule has 0 saturated heterocycles. The summed E-state index contributed by atoms with van der Waals surface area (Å²) in [6.45, 7) is -0.663. The van der Waals surface area contributed by atoms with Crippen molar-refractivity contribution >= 4 is 16.9 Å². The van der Waals surface area contributed by atoms with Gasteiger partial charge in [-0.15, -0.1) is 0 Å². The van der Waals surface area contributed by atoms with Crippen LogP contribution in [0.5, 0.6) is 17.2 Å². The second-order valence-corrected chi connectivity index (χ2v) is 5.34. The van der Waals surface area contributed by atoms with E-state index in [-0.39, 0.29) is 11.5 Å². The highest BCUT2D eigenvalue weighted by molar-refractivity contribution is 5.82. The van der Waals surface area contributed by atoms with E-state index in [0.29, 0.717) is 28.0 Å². The van der Waals surface area contributed by atoms with E-state index in [4.69, 9.17) is 23.7 Å². The van der Waals surface area contributed by atoms with Gasteiger partial charge in [0.1, 0.15) is 5.58 Å². The number of para-hydroxylation sites is 1. The SMILES string of the molecule is COc1ccc(-c2oc3ccccc3c(=O)c2OCC(=O)O)cc1OC. The fourth-order valence-electron chi connectivity index (χ4n) is 2.56. The van der Waals surface area contributed by atoms with Crippen molar-refractivity contribution in [1.82, 2.24) is 0 Å². The molecule has 1 N–H and O–H groups in total. The lowest BCUT2D eigenvalue weighted by Gasteiger charge is -2.12. The number of fused-ring (bicyclic) bond motifs is 1. The van der Waals surface area contributed by atoms with Gasteiger partial charge < -0.3 is 23.7 Å². The van der Waals surface area contributed by atoms with Crippen molar-refractivity contribution < 1.29 is 28.5 Å². The largest absolute Gasteiger partial charge is 0.493 e. The van der Waals surface area contributed by atoms with Crippen LogP contribution in [0.1, 0.15) is 0 Å². The number of hydrogen-bond acceptors (Lipinski definition) is 6. The summed E-state index contributed by atoms with van der Waals surface area (Å²) in [6, 6.07) is 11.6. The molecular formula is C19H16O7. The lowest BCUT2D eigenvalue weighted by molar-refractivity contribution is -0.139. The quantitative estimate of drug-likeness (QED) is 0.725. The molecule has 26 heavy (non-hydrogen) atoms. The summed E-state index contributed by atoms with van der Waals surface area (Å²) in [4.78, 5) is 23.7. The molecule has 0 amide bonds. The van der Waals surface area contributed by atoms with Crippen LogP contribution in [-0.2, 0) is 4.79 Å². The van der Waals surface area contributed by atoms with Gasteiger partial charge in [0, 0.05) is 5.56 Å². The summed E-state index contributed by atoms with van der Waals surface area (Å²) >= 11 is 0. The van der Waals surface area contributed by atoms with E-state index in [9.17, 15) is 9.59 Å². The number of benzene rings is 2. The summed E-state index contributed by atoms with van der Waals surface area (Å²) in [5.74, 6) is -0.303. The average Bonchev–Trinajstić information content (AvgIpc) is 2.66. The summed E-state index contributed by atoms with van der Waals surface area (Å²) in [5, 5.41) is 9.20. The van der Waals surface area contributed by atoms with Gasteiger partial charge in [0.05, 0.1) is 19.6 Å². The Labute approximate surface area is 148 Å². The maximum Gasteiger partial charge on any atom is 0.341 e. The molecule has 7 heteroatoms. The zero-order valence-corrected chi connectivity index (χ0v) is 14.1. The molecule has 0 radical (unpaired) electrons. The van der Waals surface area contributed by atoms with E-state index in [2.05, 4.69) is 0 Å². The van der Waals surface area contributed by atoms with Crippen LogP contribution in [0.3, 0.4) is 0 Å². The lowest BCUT2D eigenvalue weighted by atomic mass is 10.1. The van der Waals surface area contributed by atoms with E-state index < -0.39 is 18.0 Å². The Morgan fingerprint density at radius 1 is 1.08 bits per heavy atom. The first-order valence-electron chi connectivity index (χ1n) is 7.68. The Morgan fingerprint density at radius 2 is 1.81 bits per heavy atom. The fraction of sp³-hybridized carbons (Fsp3) is 0.158. The molecule has 3 rings (SSSR count). The standard InChI is InChI=1S/C19H16O7/c1-23-14-8-7-11(9-15(14)24-2)18-19(25-10-16(20)21)17(22)12-5-3-4-6-13(12)26-18/h3-9H,10H2,1-2H3,(H,20,21). The van der Waals surface area contributed by atoms with Crippen LogP contribution in [0.15, 0.2) is 51.7 Å². The maximum absolute atomic E-state index is 12.8. The third-order valence-electron chi connectivity index (χ3n) is 3.74. The molecule has 1 heterocycles. The third kappa shape index (κ3) is 3.19. The van der Waals surface area contributed by atoms with E-state index in [1.54, 1.807) is 42.5 Å². The molecule has 0 aliphatic carbocycles. The Balaban J connectivity index is 2.24. The predicted octanol–water partition coefficient (Wildman–Crippen LogP) is 2.94.